The smallest absolute Gasteiger partial charge is 0.392 e. The lowest BCUT2D eigenvalue weighted by Crippen LogP contribution is -2.37. The monoisotopic (exact) mass is 850 g/mol. The molecule has 1 saturated heterocycles. The van der Waals surface area contributed by atoms with Gasteiger partial charge < -0.3 is 23.5 Å². The minimum absolute atomic E-state index is 0.0229. The van der Waals surface area contributed by atoms with E-state index in [1.807, 2.05) is 6.92 Å². The first-order valence-electron chi connectivity index (χ1n) is 19.4. The van der Waals surface area contributed by atoms with E-state index in [1.54, 1.807) is 20.8 Å². The molecule has 3 aromatic rings. The quantitative estimate of drug-likeness (QED) is 0.0673. The van der Waals surface area contributed by atoms with Crippen LogP contribution in [0.3, 0.4) is 0 Å². The number of benzene rings is 3. The zero-order valence-corrected chi connectivity index (χ0v) is 35.1. The highest BCUT2D eigenvalue weighted by atomic mass is 32.2. The largest absolute Gasteiger partial charge is 0.748 e. The fourth-order valence-corrected chi connectivity index (χ4v) is 9.41. The first kappa shape index (κ1) is 46.8. The highest BCUT2D eigenvalue weighted by Gasteiger charge is 2.58. The lowest BCUT2D eigenvalue weighted by Gasteiger charge is -2.26. The number of carbonyl (C=O) groups excluding carboxylic acids is 3. The zero-order valence-electron chi connectivity index (χ0n) is 33.4. The second kappa shape index (κ2) is 20.9. The third-order valence-corrected chi connectivity index (χ3v) is 13.3. The maximum Gasteiger partial charge on any atom is 0.392 e. The molecule has 2 saturated carbocycles. The third-order valence-electron chi connectivity index (χ3n) is 10.5. The van der Waals surface area contributed by atoms with Crippen molar-refractivity contribution in [2.24, 2.45) is 23.2 Å². The number of alkyl halides is 3. The molecule has 3 aromatic carbocycles. The van der Waals surface area contributed by atoms with Crippen LogP contribution in [-0.2, 0) is 54.3 Å². The van der Waals surface area contributed by atoms with Crippen LogP contribution in [0.25, 0.3) is 0 Å². The van der Waals surface area contributed by atoms with Gasteiger partial charge in [-0.05, 0) is 101 Å². The van der Waals surface area contributed by atoms with Crippen LogP contribution in [0.2, 0.25) is 0 Å². The molecule has 0 radical (unpaired) electrons. The molecule has 0 N–H and O–H groups in total. The van der Waals surface area contributed by atoms with Crippen molar-refractivity contribution in [3.63, 3.8) is 0 Å². The molecule has 15 heteroatoms. The molecule has 3 aliphatic rings. The van der Waals surface area contributed by atoms with Crippen molar-refractivity contribution in [3.05, 3.63) is 90.5 Å². The van der Waals surface area contributed by atoms with Crippen LogP contribution in [0, 0.1) is 30.1 Å². The number of fused-ring (bicyclic) bond motifs is 1. The Bertz CT molecular complexity index is 1850. The summed E-state index contributed by atoms with van der Waals surface area (Å²) < 4.78 is 87.5. The van der Waals surface area contributed by atoms with Crippen LogP contribution in [0.4, 0.5) is 13.2 Å². The molecular formula is C43H53F3O10S2. The molecule has 6 rings (SSSR count). The molecular weight excluding hydrogens is 798 g/mol. The fourth-order valence-electron chi connectivity index (χ4n) is 6.97. The Kier molecular flexibility index (Phi) is 16.8. The van der Waals surface area contributed by atoms with Gasteiger partial charge in [-0.15, -0.1) is 0 Å². The van der Waals surface area contributed by atoms with Crippen molar-refractivity contribution in [2.75, 3.05) is 19.0 Å². The molecule has 0 aromatic heterocycles. The fraction of sp³-hybridized carbons (Fsp3) is 0.512. The van der Waals surface area contributed by atoms with E-state index >= 15 is 0 Å². The van der Waals surface area contributed by atoms with E-state index in [1.165, 1.54) is 20.2 Å². The normalized spacial score (nSPS) is 21.2. The van der Waals surface area contributed by atoms with Gasteiger partial charge in [0.1, 0.15) is 28.1 Å². The molecule has 0 amide bonds. The summed E-state index contributed by atoms with van der Waals surface area (Å²) >= 11 is 0. The Labute approximate surface area is 342 Å². The molecule has 1 heterocycles. The van der Waals surface area contributed by atoms with Gasteiger partial charge in [-0.2, -0.15) is 13.2 Å². The average molecular weight is 851 g/mol. The van der Waals surface area contributed by atoms with E-state index in [0.717, 1.165) is 12.8 Å². The third kappa shape index (κ3) is 14.1. The minimum atomic E-state index is -4.56. The Morgan fingerprint density at radius 2 is 1.43 bits per heavy atom. The topological polar surface area (TPSA) is 145 Å². The van der Waals surface area contributed by atoms with Crippen molar-refractivity contribution in [2.45, 2.75) is 112 Å². The van der Waals surface area contributed by atoms with Gasteiger partial charge >= 0.3 is 24.1 Å². The van der Waals surface area contributed by atoms with Crippen LogP contribution in [-0.4, -0.2) is 74.3 Å². The summed E-state index contributed by atoms with van der Waals surface area (Å²) in [5, 5.41) is 0. The minimum Gasteiger partial charge on any atom is -0.748 e. The van der Waals surface area contributed by atoms with E-state index < -0.39 is 64.5 Å². The van der Waals surface area contributed by atoms with Gasteiger partial charge in [0, 0.05) is 0 Å². The summed E-state index contributed by atoms with van der Waals surface area (Å²) in [6.07, 6.45) is -3.97. The Morgan fingerprint density at radius 3 is 1.95 bits per heavy atom. The van der Waals surface area contributed by atoms with Gasteiger partial charge in [-0.1, -0.05) is 67.9 Å². The number of aryl methyl sites for hydroxylation is 1. The van der Waals surface area contributed by atoms with Crippen molar-refractivity contribution in [1.82, 2.24) is 0 Å². The molecule has 10 nitrogen and oxygen atoms in total. The molecule has 2 aliphatic carbocycles. The number of rotatable bonds is 14. The predicted molar refractivity (Wildman–Crippen MR) is 211 cm³/mol. The van der Waals surface area contributed by atoms with Crippen molar-refractivity contribution >= 4 is 38.9 Å². The average Bonchev–Trinajstić information content (AvgIpc) is 3.82. The zero-order chi connectivity index (χ0) is 42.7. The van der Waals surface area contributed by atoms with Gasteiger partial charge in [0.2, 0.25) is 0 Å². The van der Waals surface area contributed by atoms with E-state index in [2.05, 4.69) is 96.6 Å². The molecule has 3 fully saturated rings. The first-order valence-corrected chi connectivity index (χ1v) is 22.2. The predicted octanol–water partition coefficient (Wildman–Crippen LogP) is 8.22. The highest BCUT2D eigenvalue weighted by Crippen LogP contribution is 2.54. The van der Waals surface area contributed by atoms with E-state index in [4.69, 9.17) is 14.2 Å². The molecule has 318 valence electrons. The van der Waals surface area contributed by atoms with Crippen molar-refractivity contribution in [3.8, 4) is 0 Å². The van der Waals surface area contributed by atoms with Crippen LogP contribution in [0.1, 0.15) is 71.8 Å². The summed E-state index contributed by atoms with van der Waals surface area (Å²) in [6.45, 7) is 9.14. The van der Waals surface area contributed by atoms with Gasteiger partial charge in [0.25, 0.3) is 0 Å². The van der Waals surface area contributed by atoms with Crippen molar-refractivity contribution < 1.29 is 59.5 Å². The van der Waals surface area contributed by atoms with Gasteiger partial charge in [0.15, 0.2) is 14.7 Å². The summed E-state index contributed by atoms with van der Waals surface area (Å²) in [7, 11) is -4.58. The molecule has 58 heavy (non-hydrogen) atoms. The number of carbonyl (C=O) groups is 3. The summed E-state index contributed by atoms with van der Waals surface area (Å²) in [4.78, 5) is 38.7. The van der Waals surface area contributed by atoms with Gasteiger partial charge in [-0.25, -0.2) is 8.42 Å². The molecule has 0 spiro atoms. The van der Waals surface area contributed by atoms with Gasteiger partial charge in [0.05, 0.1) is 48.5 Å². The Morgan fingerprint density at radius 1 is 0.862 bits per heavy atom. The molecule has 6 unspecified atom stereocenters. The second-order valence-corrected chi connectivity index (χ2v) is 18.7. The first-order chi connectivity index (χ1) is 27.3. The number of ether oxygens (including phenoxy) is 4. The Hall–Kier alpha value is -3.92. The summed E-state index contributed by atoms with van der Waals surface area (Å²) in [6, 6.07) is 30.4. The summed E-state index contributed by atoms with van der Waals surface area (Å²) in [5.74, 6) is -1.98. The second-order valence-electron chi connectivity index (χ2n) is 15.3. The van der Waals surface area contributed by atoms with E-state index in [-0.39, 0.29) is 35.4 Å². The SMILES string of the molecule is CCC(CC(=O)OCCC(F)(F)F)OC(=O)C(C)(C)CC.Cc1ccc([S+](c2ccccc2)c2ccccc2)cc1.O=C(CS(=O)(=O)[O-])OC1C2CC3COC1C3C2. The van der Waals surface area contributed by atoms with Crippen LogP contribution in [0.15, 0.2) is 99.6 Å². The highest BCUT2D eigenvalue weighted by molar-refractivity contribution is 7.97. The summed E-state index contributed by atoms with van der Waals surface area (Å²) in [5.41, 5.74) is 0.645. The maximum absolute atomic E-state index is 11.9. The maximum atomic E-state index is 11.9. The molecule has 1 aliphatic heterocycles. The van der Waals surface area contributed by atoms with Gasteiger partial charge in [-0.3, -0.25) is 14.4 Å². The van der Waals surface area contributed by atoms with Crippen molar-refractivity contribution in [1.29, 1.82) is 0 Å². The number of hydrogen-bond donors (Lipinski definition) is 0. The lowest BCUT2D eigenvalue weighted by molar-refractivity contribution is -0.166. The molecule has 2 bridgehead atoms. The van der Waals surface area contributed by atoms with Crippen LogP contribution in [0.5, 0.6) is 0 Å². The van der Waals surface area contributed by atoms with E-state index in [0.29, 0.717) is 31.3 Å². The number of halogens is 3. The number of esters is 3. The number of hydrogen-bond acceptors (Lipinski definition) is 10. The lowest BCUT2D eigenvalue weighted by atomic mass is 9.88. The standard InChI is InChI=1S/C19H17S.C14H23F3O4.C10H14O6S/c1-16-12-14-19(15-13-16)20(17-8-4-2-5-9-17)18-10-6-3-7-11-18;1-5-10(21-12(19)13(3,4)6-2)9-11(18)20-8-7-14(15,16)17;11-8(4-17(12,13)14)16-9-5-1-6-3-15-10(9)7(6)2-5/h2-15H,1H3;10H,5-9H2,1-4H3;5-7,9-10H,1-4H2,(H,12,13,14)/q+1;;/p-1. The van der Waals surface area contributed by atoms with E-state index in [9.17, 15) is 40.5 Å². The van der Waals surface area contributed by atoms with Crippen LogP contribution >= 0.6 is 0 Å². The Balaban J connectivity index is 0.000000193. The van der Waals surface area contributed by atoms with Crippen LogP contribution < -0.4 is 0 Å². The molecule has 6 atom stereocenters.